The zero-order valence-electron chi connectivity index (χ0n) is 11.8. The van der Waals surface area contributed by atoms with E-state index < -0.39 is 10.9 Å². The van der Waals surface area contributed by atoms with Crippen LogP contribution in [0.15, 0.2) is 12.1 Å². The Morgan fingerprint density at radius 2 is 2.15 bits per heavy atom. The minimum absolute atomic E-state index is 0.0482. The lowest BCUT2D eigenvalue weighted by atomic mass is 10.1. The molecule has 1 saturated carbocycles. The van der Waals surface area contributed by atoms with Gasteiger partial charge in [0.1, 0.15) is 0 Å². The minimum atomic E-state index is -1.15. The van der Waals surface area contributed by atoms with Crippen molar-refractivity contribution in [2.45, 2.75) is 20.3 Å². The topological polar surface area (TPSA) is 83.7 Å². The summed E-state index contributed by atoms with van der Waals surface area (Å²) in [5.74, 6) is 0.116. The fourth-order valence-corrected chi connectivity index (χ4v) is 2.50. The van der Waals surface area contributed by atoms with Crippen LogP contribution in [-0.2, 0) is 0 Å². The summed E-state index contributed by atoms with van der Waals surface area (Å²) in [4.78, 5) is 23.6. The third-order valence-electron chi connectivity index (χ3n) is 3.99. The van der Waals surface area contributed by atoms with E-state index in [0.717, 1.165) is 19.0 Å². The van der Waals surface area contributed by atoms with Gasteiger partial charge >= 0.3 is 5.97 Å². The molecule has 0 radical (unpaired) electrons. The number of rotatable bonds is 5. The maximum absolute atomic E-state index is 11.1. The Kier molecular flexibility index (Phi) is 3.65. The molecule has 0 aromatic heterocycles. The number of carbonyl (C=O) groups is 1. The predicted molar refractivity (Wildman–Crippen MR) is 75.3 cm³/mol. The molecule has 20 heavy (non-hydrogen) atoms. The second-order valence-corrected chi connectivity index (χ2v) is 5.56. The van der Waals surface area contributed by atoms with E-state index in [4.69, 9.17) is 5.11 Å². The zero-order valence-corrected chi connectivity index (χ0v) is 11.8. The Bertz CT molecular complexity index is 571. The minimum Gasteiger partial charge on any atom is -0.478 e. The molecule has 108 valence electrons. The van der Waals surface area contributed by atoms with Crippen LogP contribution in [0.1, 0.15) is 29.3 Å². The van der Waals surface area contributed by atoms with Crippen LogP contribution in [0.2, 0.25) is 0 Å². The summed E-state index contributed by atoms with van der Waals surface area (Å²) >= 11 is 0. The largest absolute Gasteiger partial charge is 0.478 e. The van der Waals surface area contributed by atoms with Crippen LogP contribution >= 0.6 is 0 Å². The summed E-state index contributed by atoms with van der Waals surface area (Å²) in [6, 6.07) is 2.63. The summed E-state index contributed by atoms with van der Waals surface area (Å²) in [6.45, 7) is 4.62. The van der Waals surface area contributed by atoms with Gasteiger partial charge in [0.05, 0.1) is 16.1 Å². The van der Waals surface area contributed by atoms with Gasteiger partial charge in [-0.15, -0.1) is 0 Å². The van der Waals surface area contributed by atoms with Crippen LogP contribution in [0.4, 0.5) is 11.4 Å². The highest BCUT2D eigenvalue weighted by Gasteiger charge is 2.34. The number of aromatic carboxylic acids is 1. The normalized spacial score (nSPS) is 20.6. The van der Waals surface area contributed by atoms with Crippen molar-refractivity contribution in [3.05, 3.63) is 33.4 Å². The third-order valence-corrected chi connectivity index (χ3v) is 3.99. The first-order valence-corrected chi connectivity index (χ1v) is 6.54. The van der Waals surface area contributed by atoms with E-state index in [2.05, 4.69) is 6.92 Å². The Hall–Kier alpha value is -2.11. The van der Waals surface area contributed by atoms with Crippen molar-refractivity contribution in [1.82, 2.24) is 0 Å². The van der Waals surface area contributed by atoms with Gasteiger partial charge in [-0.25, -0.2) is 4.79 Å². The van der Waals surface area contributed by atoms with E-state index in [-0.39, 0.29) is 11.3 Å². The number of nitro groups is 1. The van der Waals surface area contributed by atoms with Gasteiger partial charge in [-0.2, -0.15) is 0 Å². The van der Waals surface area contributed by atoms with Gasteiger partial charge < -0.3 is 10.0 Å². The van der Waals surface area contributed by atoms with Gasteiger partial charge in [-0.05, 0) is 31.2 Å². The monoisotopic (exact) mass is 278 g/mol. The lowest BCUT2D eigenvalue weighted by molar-refractivity contribution is -0.385. The highest BCUT2D eigenvalue weighted by atomic mass is 16.6. The van der Waals surface area contributed by atoms with E-state index in [1.165, 1.54) is 6.07 Å². The number of carboxylic acid groups (broad SMARTS) is 1. The average molecular weight is 278 g/mol. The first-order valence-electron chi connectivity index (χ1n) is 6.54. The van der Waals surface area contributed by atoms with Crippen molar-refractivity contribution in [2.75, 3.05) is 18.5 Å². The number of nitro benzene ring substituents is 1. The molecule has 6 heteroatoms. The number of carboxylic acids is 1. The molecule has 0 spiro atoms. The van der Waals surface area contributed by atoms with Gasteiger partial charge in [-0.1, -0.05) is 6.92 Å². The Labute approximate surface area is 117 Å². The van der Waals surface area contributed by atoms with E-state index in [1.54, 1.807) is 6.92 Å². The molecular weight excluding hydrogens is 260 g/mol. The molecule has 2 atom stereocenters. The van der Waals surface area contributed by atoms with E-state index in [0.29, 0.717) is 23.1 Å². The molecule has 0 heterocycles. The number of hydrogen-bond donors (Lipinski definition) is 1. The van der Waals surface area contributed by atoms with Crippen LogP contribution in [0.25, 0.3) is 0 Å². The molecule has 1 aromatic carbocycles. The quantitative estimate of drug-likeness (QED) is 0.661. The van der Waals surface area contributed by atoms with Crippen molar-refractivity contribution in [1.29, 1.82) is 0 Å². The SMILES string of the molecule is Cc1c(N(C)CC2CC2C)cc(C(=O)O)cc1[N+](=O)[O-]. The number of benzene rings is 1. The molecule has 0 saturated heterocycles. The molecule has 1 aliphatic carbocycles. The molecule has 0 bridgehead atoms. The molecule has 1 aromatic rings. The van der Waals surface area contributed by atoms with Crippen molar-refractivity contribution < 1.29 is 14.8 Å². The lowest BCUT2D eigenvalue weighted by Gasteiger charge is -2.22. The first-order chi connectivity index (χ1) is 9.31. The molecule has 2 unspecified atom stereocenters. The molecule has 1 fully saturated rings. The van der Waals surface area contributed by atoms with Crippen molar-refractivity contribution in [3.63, 3.8) is 0 Å². The maximum Gasteiger partial charge on any atom is 0.336 e. The maximum atomic E-state index is 11.1. The summed E-state index contributed by atoms with van der Waals surface area (Å²) in [5.41, 5.74) is 0.940. The standard InChI is InChI=1S/C14H18N2O4/c1-8-4-11(8)7-15(3)12-5-10(14(17)18)6-13(9(12)2)16(19)20/h5-6,8,11H,4,7H2,1-3H3,(H,17,18). The fourth-order valence-electron chi connectivity index (χ4n) is 2.50. The van der Waals surface area contributed by atoms with Crippen LogP contribution < -0.4 is 4.90 Å². The highest BCUT2D eigenvalue weighted by molar-refractivity contribution is 5.90. The van der Waals surface area contributed by atoms with Gasteiger partial charge in [0, 0.05) is 25.3 Å². The summed E-state index contributed by atoms with van der Waals surface area (Å²) in [5, 5.41) is 20.1. The van der Waals surface area contributed by atoms with Gasteiger partial charge in [0.25, 0.3) is 5.69 Å². The van der Waals surface area contributed by atoms with Crippen LogP contribution in [0.5, 0.6) is 0 Å². The Balaban J connectivity index is 2.39. The zero-order chi connectivity index (χ0) is 15.0. The van der Waals surface area contributed by atoms with Gasteiger partial charge in [0.15, 0.2) is 0 Å². The molecule has 1 aliphatic rings. The van der Waals surface area contributed by atoms with Gasteiger partial charge in [0.2, 0.25) is 0 Å². The highest BCUT2D eigenvalue weighted by Crippen LogP contribution is 2.39. The average Bonchev–Trinajstić information content (AvgIpc) is 3.04. The third kappa shape index (κ3) is 2.74. The smallest absolute Gasteiger partial charge is 0.336 e. The molecule has 0 aliphatic heterocycles. The first kappa shape index (κ1) is 14.3. The predicted octanol–water partition coefficient (Wildman–Crippen LogP) is 2.69. The molecular formula is C14H18N2O4. The van der Waals surface area contributed by atoms with Crippen molar-refractivity contribution in [3.8, 4) is 0 Å². The Morgan fingerprint density at radius 1 is 1.55 bits per heavy atom. The number of hydrogen-bond acceptors (Lipinski definition) is 4. The fraction of sp³-hybridized carbons (Fsp3) is 0.500. The lowest BCUT2D eigenvalue weighted by Crippen LogP contribution is -2.22. The molecule has 0 amide bonds. The molecule has 2 rings (SSSR count). The molecule has 1 N–H and O–H groups in total. The number of nitrogens with zero attached hydrogens (tertiary/aromatic N) is 2. The van der Waals surface area contributed by atoms with E-state index in [1.807, 2.05) is 11.9 Å². The van der Waals surface area contributed by atoms with Crippen molar-refractivity contribution >= 4 is 17.3 Å². The van der Waals surface area contributed by atoms with Crippen molar-refractivity contribution in [2.24, 2.45) is 11.8 Å². The Morgan fingerprint density at radius 3 is 2.60 bits per heavy atom. The second-order valence-electron chi connectivity index (χ2n) is 5.56. The van der Waals surface area contributed by atoms with E-state index in [9.17, 15) is 14.9 Å². The summed E-state index contributed by atoms with van der Waals surface area (Å²) < 4.78 is 0. The second kappa shape index (κ2) is 5.11. The summed E-state index contributed by atoms with van der Waals surface area (Å²) in [7, 11) is 1.85. The number of anilines is 1. The van der Waals surface area contributed by atoms with E-state index >= 15 is 0 Å². The molecule has 6 nitrogen and oxygen atoms in total. The summed E-state index contributed by atoms with van der Waals surface area (Å²) in [6.07, 6.45) is 1.16. The van der Waals surface area contributed by atoms with Crippen LogP contribution in [0, 0.1) is 28.9 Å². The van der Waals surface area contributed by atoms with Crippen LogP contribution in [0.3, 0.4) is 0 Å². The van der Waals surface area contributed by atoms with Crippen LogP contribution in [-0.4, -0.2) is 29.6 Å². The van der Waals surface area contributed by atoms with Gasteiger partial charge in [-0.3, -0.25) is 10.1 Å².